The zero-order chi connectivity index (χ0) is 18.5. The predicted octanol–water partition coefficient (Wildman–Crippen LogP) is 4.98. The molecule has 0 fully saturated rings. The van der Waals surface area contributed by atoms with Crippen molar-refractivity contribution >= 4 is 34.1 Å². The third-order valence-corrected chi connectivity index (χ3v) is 4.86. The van der Waals surface area contributed by atoms with Crippen LogP contribution in [0.2, 0.25) is 0 Å². The van der Waals surface area contributed by atoms with Gasteiger partial charge < -0.3 is 14.8 Å². The van der Waals surface area contributed by atoms with E-state index in [9.17, 15) is 4.79 Å². The van der Waals surface area contributed by atoms with Crippen molar-refractivity contribution in [2.24, 2.45) is 0 Å². The molecule has 5 heteroatoms. The van der Waals surface area contributed by atoms with Gasteiger partial charge in [0.05, 0.1) is 12.8 Å². The largest absolute Gasteiger partial charge is 0.497 e. The zero-order valence-corrected chi connectivity index (χ0v) is 15.8. The number of amides is 1. The lowest BCUT2D eigenvalue weighted by Crippen LogP contribution is -2.30. The van der Waals surface area contributed by atoms with Crippen LogP contribution in [0.3, 0.4) is 0 Å². The fraction of sp³-hybridized carbons (Fsp3) is 0.190. The molecule has 3 rings (SSSR count). The molecule has 0 saturated carbocycles. The Labute approximate surface area is 157 Å². The van der Waals surface area contributed by atoms with Crippen molar-refractivity contribution < 1.29 is 14.3 Å². The van der Waals surface area contributed by atoms with E-state index in [2.05, 4.69) is 5.32 Å². The van der Waals surface area contributed by atoms with E-state index in [0.717, 1.165) is 27.1 Å². The van der Waals surface area contributed by atoms with Gasteiger partial charge in [-0.25, -0.2) is 0 Å². The molecule has 4 nitrogen and oxygen atoms in total. The number of rotatable bonds is 6. The maximum atomic E-state index is 12.5. The topological polar surface area (TPSA) is 47.6 Å². The Morgan fingerprint density at radius 1 is 1.00 bits per heavy atom. The smallest absolute Gasteiger partial charge is 0.265 e. The van der Waals surface area contributed by atoms with Crippen molar-refractivity contribution in [3.8, 4) is 11.5 Å². The molecular formula is C21H21NO3S. The van der Waals surface area contributed by atoms with E-state index in [1.165, 1.54) is 0 Å². The number of hydrogen-bond acceptors (Lipinski definition) is 4. The number of methoxy groups -OCH3 is 1. The average Bonchev–Trinajstić information content (AvgIpc) is 2.67. The summed E-state index contributed by atoms with van der Waals surface area (Å²) in [6, 6.07) is 19.3. The van der Waals surface area contributed by atoms with Crippen LogP contribution in [0.5, 0.6) is 11.5 Å². The molecule has 3 aromatic carbocycles. The van der Waals surface area contributed by atoms with Crippen molar-refractivity contribution in [1.82, 2.24) is 0 Å². The Kier molecular flexibility index (Phi) is 5.68. The Bertz CT molecular complexity index is 926. The highest BCUT2D eigenvalue weighted by Gasteiger charge is 2.16. The van der Waals surface area contributed by atoms with Crippen LogP contribution < -0.4 is 14.8 Å². The first-order valence-electron chi connectivity index (χ1n) is 8.29. The second kappa shape index (κ2) is 8.15. The minimum absolute atomic E-state index is 0.183. The minimum atomic E-state index is -0.618. The third-order valence-electron chi connectivity index (χ3n) is 4.07. The van der Waals surface area contributed by atoms with Crippen molar-refractivity contribution in [1.29, 1.82) is 0 Å². The Morgan fingerprint density at radius 2 is 1.69 bits per heavy atom. The summed E-state index contributed by atoms with van der Waals surface area (Å²) in [5.74, 6) is 1.25. The fourth-order valence-corrected chi connectivity index (χ4v) is 3.20. The summed E-state index contributed by atoms with van der Waals surface area (Å²) in [6.45, 7) is 1.74. The summed E-state index contributed by atoms with van der Waals surface area (Å²) in [5, 5.41) is 5.02. The second-order valence-corrected chi connectivity index (χ2v) is 6.67. The van der Waals surface area contributed by atoms with Gasteiger partial charge in [0.15, 0.2) is 6.10 Å². The molecule has 3 aromatic rings. The molecule has 1 N–H and O–H groups in total. The number of para-hydroxylation sites is 1. The highest BCUT2D eigenvalue weighted by molar-refractivity contribution is 7.98. The molecule has 0 aromatic heterocycles. The lowest BCUT2D eigenvalue weighted by atomic mass is 10.1. The van der Waals surface area contributed by atoms with E-state index in [-0.39, 0.29) is 5.91 Å². The van der Waals surface area contributed by atoms with Crippen LogP contribution in [0.1, 0.15) is 6.92 Å². The van der Waals surface area contributed by atoms with Gasteiger partial charge in [-0.3, -0.25) is 4.79 Å². The minimum Gasteiger partial charge on any atom is -0.497 e. The van der Waals surface area contributed by atoms with Crippen LogP contribution in [-0.4, -0.2) is 25.4 Å². The fourth-order valence-electron chi connectivity index (χ4n) is 2.64. The van der Waals surface area contributed by atoms with Gasteiger partial charge in [-0.1, -0.05) is 24.3 Å². The maximum absolute atomic E-state index is 12.5. The van der Waals surface area contributed by atoms with Crippen LogP contribution >= 0.6 is 11.8 Å². The van der Waals surface area contributed by atoms with E-state index < -0.39 is 6.10 Å². The van der Waals surface area contributed by atoms with Gasteiger partial charge in [0, 0.05) is 4.90 Å². The number of anilines is 1. The van der Waals surface area contributed by atoms with E-state index >= 15 is 0 Å². The van der Waals surface area contributed by atoms with E-state index in [1.807, 2.05) is 66.9 Å². The highest BCUT2D eigenvalue weighted by Crippen LogP contribution is 2.27. The molecule has 26 heavy (non-hydrogen) atoms. The van der Waals surface area contributed by atoms with Gasteiger partial charge in [0.25, 0.3) is 5.91 Å². The molecule has 0 aliphatic rings. The number of nitrogens with one attached hydrogen (secondary N) is 1. The SMILES string of the molecule is COc1ccc2ccc(OC(C)C(=O)Nc3ccccc3SC)cc2c1. The van der Waals surface area contributed by atoms with Crippen LogP contribution in [0, 0.1) is 0 Å². The van der Waals surface area contributed by atoms with Gasteiger partial charge >= 0.3 is 0 Å². The Hall–Kier alpha value is -2.66. The number of benzene rings is 3. The lowest BCUT2D eigenvalue weighted by Gasteiger charge is -2.16. The van der Waals surface area contributed by atoms with E-state index in [0.29, 0.717) is 5.75 Å². The third kappa shape index (κ3) is 4.11. The molecule has 134 valence electrons. The lowest BCUT2D eigenvalue weighted by molar-refractivity contribution is -0.122. The second-order valence-electron chi connectivity index (χ2n) is 5.82. The molecule has 0 radical (unpaired) electrons. The van der Waals surface area contributed by atoms with Gasteiger partial charge in [-0.05, 0) is 60.4 Å². The molecule has 0 aliphatic heterocycles. The van der Waals surface area contributed by atoms with Crippen molar-refractivity contribution in [2.75, 3.05) is 18.7 Å². The molecule has 0 bridgehead atoms. The van der Waals surface area contributed by atoms with Crippen LogP contribution in [0.15, 0.2) is 65.6 Å². The molecule has 1 unspecified atom stereocenters. The standard InChI is InChI=1S/C21H21NO3S/c1-14(21(23)22-19-6-4-5-7-20(19)26-3)25-18-11-9-15-8-10-17(24-2)12-16(15)13-18/h4-14H,1-3H3,(H,22,23). The predicted molar refractivity (Wildman–Crippen MR) is 107 cm³/mol. The number of thioether (sulfide) groups is 1. The van der Waals surface area contributed by atoms with Crippen LogP contribution in [0.25, 0.3) is 10.8 Å². The Morgan fingerprint density at radius 3 is 2.42 bits per heavy atom. The summed E-state index contributed by atoms with van der Waals surface area (Å²) in [5.41, 5.74) is 0.795. The quantitative estimate of drug-likeness (QED) is 0.625. The first-order valence-corrected chi connectivity index (χ1v) is 9.51. The normalized spacial score (nSPS) is 11.8. The molecule has 1 atom stereocenters. The monoisotopic (exact) mass is 367 g/mol. The number of fused-ring (bicyclic) bond motifs is 1. The zero-order valence-electron chi connectivity index (χ0n) is 15.0. The molecule has 0 saturated heterocycles. The number of carbonyl (C=O) groups excluding carboxylic acids is 1. The molecule has 0 heterocycles. The molecule has 0 aliphatic carbocycles. The molecule has 0 spiro atoms. The van der Waals surface area contributed by atoms with Crippen molar-refractivity contribution in [3.05, 3.63) is 60.7 Å². The van der Waals surface area contributed by atoms with Gasteiger partial charge in [-0.15, -0.1) is 11.8 Å². The highest BCUT2D eigenvalue weighted by atomic mass is 32.2. The summed E-state index contributed by atoms with van der Waals surface area (Å²) in [6.07, 6.45) is 1.36. The summed E-state index contributed by atoms with van der Waals surface area (Å²) < 4.78 is 11.1. The van der Waals surface area contributed by atoms with Gasteiger partial charge in [0.1, 0.15) is 11.5 Å². The first kappa shape index (κ1) is 18.1. The average molecular weight is 367 g/mol. The number of hydrogen-bond donors (Lipinski definition) is 1. The summed E-state index contributed by atoms with van der Waals surface area (Å²) >= 11 is 1.59. The summed E-state index contributed by atoms with van der Waals surface area (Å²) in [4.78, 5) is 13.5. The van der Waals surface area contributed by atoms with E-state index in [4.69, 9.17) is 9.47 Å². The number of ether oxygens (including phenoxy) is 2. The molecular weight excluding hydrogens is 346 g/mol. The van der Waals surface area contributed by atoms with E-state index in [1.54, 1.807) is 25.8 Å². The van der Waals surface area contributed by atoms with Crippen molar-refractivity contribution in [3.63, 3.8) is 0 Å². The number of carbonyl (C=O) groups is 1. The van der Waals surface area contributed by atoms with Crippen LogP contribution in [0.4, 0.5) is 5.69 Å². The molecule has 1 amide bonds. The van der Waals surface area contributed by atoms with Crippen LogP contribution in [-0.2, 0) is 4.79 Å². The van der Waals surface area contributed by atoms with Crippen molar-refractivity contribution in [2.45, 2.75) is 17.9 Å². The van der Waals surface area contributed by atoms with Gasteiger partial charge in [0.2, 0.25) is 0 Å². The Balaban J connectivity index is 1.73. The van der Waals surface area contributed by atoms with Gasteiger partial charge in [-0.2, -0.15) is 0 Å². The first-order chi connectivity index (χ1) is 12.6. The maximum Gasteiger partial charge on any atom is 0.265 e. The summed E-state index contributed by atoms with van der Waals surface area (Å²) in [7, 11) is 1.64.